The maximum Gasteiger partial charge on any atom is 0.0855 e. The molecule has 0 radical (unpaired) electrons. The molecule has 70 valence electrons. The molecule has 2 rings (SSSR count). The molecule has 1 nitrogen and oxygen atoms in total. The van der Waals surface area contributed by atoms with Crippen molar-refractivity contribution in [3.05, 3.63) is 35.9 Å². The SMILES string of the molecule is C[C@@H]1C[C@@H](C)[C@@H](c2ccccc2)O1. The Morgan fingerprint density at radius 1 is 1.15 bits per heavy atom. The lowest BCUT2D eigenvalue weighted by atomic mass is 9.96. The quantitative estimate of drug-likeness (QED) is 0.638. The van der Waals surface area contributed by atoms with E-state index in [1.165, 1.54) is 12.0 Å². The molecule has 0 aliphatic carbocycles. The van der Waals surface area contributed by atoms with E-state index in [1.807, 2.05) is 6.07 Å². The van der Waals surface area contributed by atoms with Crippen LogP contribution in [0, 0.1) is 5.92 Å². The number of hydrogen-bond donors (Lipinski definition) is 0. The lowest BCUT2D eigenvalue weighted by Crippen LogP contribution is -2.03. The molecule has 1 heteroatoms. The lowest BCUT2D eigenvalue weighted by Gasteiger charge is -2.14. The van der Waals surface area contributed by atoms with Crippen LogP contribution in [0.2, 0.25) is 0 Å². The third-order valence-corrected chi connectivity index (χ3v) is 2.73. The summed E-state index contributed by atoms with van der Waals surface area (Å²) in [6, 6.07) is 10.5. The topological polar surface area (TPSA) is 9.23 Å². The number of ether oxygens (including phenoxy) is 1. The van der Waals surface area contributed by atoms with Gasteiger partial charge in [-0.2, -0.15) is 0 Å². The first-order valence-electron chi connectivity index (χ1n) is 4.98. The summed E-state index contributed by atoms with van der Waals surface area (Å²) >= 11 is 0. The van der Waals surface area contributed by atoms with Gasteiger partial charge in [0.2, 0.25) is 0 Å². The molecule has 0 saturated carbocycles. The average Bonchev–Trinajstić information content (AvgIpc) is 2.47. The molecule has 1 heterocycles. The zero-order valence-electron chi connectivity index (χ0n) is 8.23. The fraction of sp³-hybridized carbons (Fsp3) is 0.500. The Morgan fingerprint density at radius 2 is 1.85 bits per heavy atom. The molecule has 0 bridgehead atoms. The Labute approximate surface area is 79.7 Å². The lowest BCUT2D eigenvalue weighted by molar-refractivity contribution is 0.0452. The van der Waals surface area contributed by atoms with E-state index in [0.717, 1.165) is 0 Å². The van der Waals surface area contributed by atoms with Crippen LogP contribution in [0.25, 0.3) is 0 Å². The molecule has 1 aliphatic heterocycles. The van der Waals surface area contributed by atoms with E-state index in [9.17, 15) is 0 Å². The van der Waals surface area contributed by atoms with Gasteiger partial charge in [-0.25, -0.2) is 0 Å². The van der Waals surface area contributed by atoms with E-state index in [2.05, 4.69) is 38.1 Å². The summed E-state index contributed by atoms with van der Waals surface area (Å²) in [4.78, 5) is 0. The van der Waals surface area contributed by atoms with Crippen LogP contribution in [0.3, 0.4) is 0 Å². The molecule has 1 aromatic rings. The Kier molecular flexibility index (Phi) is 2.36. The molecule has 0 spiro atoms. The van der Waals surface area contributed by atoms with Crippen molar-refractivity contribution in [3.8, 4) is 0 Å². The molecule has 1 aliphatic rings. The predicted molar refractivity (Wildman–Crippen MR) is 53.5 cm³/mol. The van der Waals surface area contributed by atoms with E-state index in [-0.39, 0.29) is 0 Å². The van der Waals surface area contributed by atoms with Gasteiger partial charge in [0, 0.05) is 0 Å². The van der Waals surface area contributed by atoms with Gasteiger partial charge in [-0.15, -0.1) is 0 Å². The highest BCUT2D eigenvalue weighted by atomic mass is 16.5. The molecule has 0 amide bonds. The van der Waals surface area contributed by atoms with Gasteiger partial charge in [-0.3, -0.25) is 0 Å². The van der Waals surface area contributed by atoms with E-state index in [1.54, 1.807) is 0 Å². The number of benzene rings is 1. The molecular formula is C12H16O. The maximum absolute atomic E-state index is 5.86. The van der Waals surface area contributed by atoms with Crippen LogP contribution in [0.1, 0.15) is 31.9 Å². The predicted octanol–water partition coefficient (Wildman–Crippen LogP) is 3.17. The Balaban J connectivity index is 2.18. The van der Waals surface area contributed by atoms with Crippen molar-refractivity contribution < 1.29 is 4.74 Å². The molecule has 1 saturated heterocycles. The Bertz CT molecular complexity index is 268. The van der Waals surface area contributed by atoms with E-state index >= 15 is 0 Å². The summed E-state index contributed by atoms with van der Waals surface area (Å²) in [6.45, 7) is 4.42. The standard InChI is InChI=1S/C12H16O/c1-9-8-10(2)13-12(9)11-6-4-3-5-7-11/h3-7,9-10,12H,8H2,1-2H3/t9-,10-,12+/m1/s1. The summed E-state index contributed by atoms with van der Waals surface area (Å²) in [5.41, 5.74) is 1.32. The van der Waals surface area contributed by atoms with Gasteiger partial charge in [0.15, 0.2) is 0 Å². The summed E-state index contributed by atoms with van der Waals surface area (Å²) < 4.78 is 5.86. The summed E-state index contributed by atoms with van der Waals surface area (Å²) in [7, 11) is 0. The van der Waals surface area contributed by atoms with Crippen molar-refractivity contribution in [2.45, 2.75) is 32.5 Å². The first-order chi connectivity index (χ1) is 6.27. The minimum atomic E-state index is 0.316. The van der Waals surface area contributed by atoms with Gasteiger partial charge in [0.25, 0.3) is 0 Å². The molecular weight excluding hydrogens is 160 g/mol. The van der Waals surface area contributed by atoms with Crippen molar-refractivity contribution in [2.24, 2.45) is 5.92 Å². The second kappa shape index (κ2) is 3.51. The van der Waals surface area contributed by atoms with Gasteiger partial charge in [-0.1, -0.05) is 37.3 Å². The van der Waals surface area contributed by atoms with Crippen LogP contribution >= 0.6 is 0 Å². The first-order valence-corrected chi connectivity index (χ1v) is 4.98. The van der Waals surface area contributed by atoms with Crippen molar-refractivity contribution in [1.82, 2.24) is 0 Å². The third kappa shape index (κ3) is 1.75. The van der Waals surface area contributed by atoms with Crippen LogP contribution in [0.5, 0.6) is 0 Å². The fourth-order valence-electron chi connectivity index (χ4n) is 2.14. The van der Waals surface area contributed by atoms with Crippen LogP contribution in [-0.2, 0) is 4.74 Å². The molecule has 1 fully saturated rings. The van der Waals surface area contributed by atoms with Gasteiger partial charge >= 0.3 is 0 Å². The fourth-order valence-corrected chi connectivity index (χ4v) is 2.14. The minimum Gasteiger partial charge on any atom is -0.370 e. The van der Waals surface area contributed by atoms with Gasteiger partial charge in [0.05, 0.1) is 12.2 Å². The third-order valence-electron chi connectivity index (χ3n) is 2.73. The zero-order chi connectivity index (χ0) is 9.26. The summed E-state index contributed by atoms with van der Waals surface area (Å²) in [6.07, 6.45) is 1.91. The average molecular weight is 176 g/mol. The number of hydrogen-bond acceptors (Lipinski definition) is 1. The normalized spacial score (nSPS) is 33.5. The van der Waals surface area contributed by atoms with E-state index in [4.69, 9.17) is 4.74 Å². The minimum absolute atomic E-state index is 0.316. The van der Waals surface area contributed by atoms with Crippen molar-refractivity contribution in [2.75, 3.05) is 0 Å². The smallest absolute Gasteiger partial charge is 0.0855 e. The van der Waals surface area contributed by atoms with Crippen molar-refractivity contribution in [3.63, 3.8) is 0 Å². The monoisotopic (exact) mass is 176 g/mol. The molecule has 0 aromatic heterocycles. The highest BCUT2D eigenvalue weighted by molar-refractivity contribution is 5.19. The Hall–Kier alpha value is -0.820. The van der Waals surface area contributed by atoms with Crippen molar-refractivity contribution in [1.29, 1.82) is 0 Å². The molecule has 0 unspecified atom stereocenters. The Morgan fingerprint density at radius 3 is 2.38 bits per heavy atom. The molecule has 3 atom stereocenters. The molecule has 1 aromatic carbocycles. The second-order valence-electron chi connectivity index (χ2n) is 3.99. The first kappa shape index (κ1) is 8.76. The van der Waals surface area contributed by atoms with Crippen molar-refractivity contribution >= 4 is 0 Å². The maximum atomic E-state index is 5.86. The summed E-state index contributed by atoms with van der Waals surface area (Å²) in [5, 5.41) is 0. The van der Waals surface area contributed by atoms with Gasteiger partial charge in [-0.05, 0) is 24.8 Å². The van der Waals surface area contributed by atoms with Gasteiger partial charge < -0.3 is 4.74 Å². The van der Waals surface area contributed by atoms with Crippen LogP contribution in [0.4, 0.5) is 0 Å². The largest absolute Gasteiger partial charge is 0.370 e. The number of rotatable bonds is 1. The highest BCUT2D eigenvalue weighted by Crippen LogP contribution is 2.37. The van der Waals surface area contributed by atoms with E-state index in [0.29, 0.717) is 18.1 Å². The zero-order valence-corrected chi connectivity index (χ0v) is 8.23. The van der Waals surface area contributed by atoms with E-state index < -0.39 is 0 Å². The van der Waals surface area contributed by atoms with Crippen LogP contribution in [0.15, 0.2) is 30.3 Å². The van der Waals surface area contributed by atoms with Gasteiger partial charge in [0.1, 0.15) is 0 Å². The molecule has 0 N–H and O–H groups in total. The van der Waals surface area contributed by atoms with Crippen LogP contribution in [-0.4, -0.2) is 6.10 Å². The highest BCUT2D eigenvalue weighted by Gasteiger charge is 2.30. The molecule has 13 heavy (non-hydrogen) atoms. The summed E-state index contributed by atoms with van der Waals surface area (Å²) in [5.74, 6) is 0.650. The van der Waals surface area contributed by atoms with Crippen LogP contribution < -0.4 is 0 Å². The second-order valence-corrected chi connectivity index (χ2v) is 3.99.